The molecular formula is C28H36N4O3. The molecule has 2 heterocycles. The molecule has 0 radical (unpaired) electrons. The van der Waals surface area contributed by atoms with Crippen molar-refractivity contribution in [1.29, 1.82) is 0 Å². The van der Waals surface area contributed by atoms with E-state index in [0.29, 0.717) is 19.3 Å². The van der Waals surface area contributed by atoms with E-state index in [2.05, 4.69) is 22.8 Å². The highest BCUT2D eigenvalue weighted by molar-refractivity contribution is 5.90. The van der Waals surface area contributed by atoms with Crippen molar-refractivity contribution >= 4 is 17.7 Å². The lowest BCUT2D eigenvalue weighted by Gasteiger charge is -2.38. The highest BCUT2D eigenvalue weighted by Crippen LogP contribution is 2.35. The summed E-state index contributed by atoms with van der Waals surface area (Å²) in [5.41, 5.74) is 7.98. The van der Waals surface area contributed by atoms with Crippen molar-refractivity contribution in [3.05, 3.63) is 71.8 Å². The van der Waals surface area contributed by atoms with Gasteiger partial charge in [0, 0.05) is 12.6 Å². The normalized spacial score (nSPS) is 23.3. The van der Waals surface area contributed by atoms with Crippen molar-refractivity contribution in [2.75, 3.05) is 6.54 Å². The van der Waals surface area contributed by atoms with E-state index in [9.17, 15) is 14.4 Å². The fourth-order valence-electron chi connectivity index (χ4n) is 5.27. The van der Waals surface area contributed by atoms with Gasteiger partial charge < -0.3 is 21.3 Å². The van der Waals surface area contributed by atoms with Gasteiger partial charge in [-0.25, -0.2) is 0 Å². The lowest BCUT2D eigenvalue weighted by Crippen LogP contribution is -2.55. The maximum Gasteiger partial charge on any atom is 0.243 e. The Labute approximate surface area is 207 Å². The molecule has 5 atom stereocenters. The van der Waals surface area contributed by atoms with Gasteiger partial charge in [0.25, 0.3) is 0 Å². The number of nitrogens with zero attached hydrogens (tertiary/aromatic N) is 1. The number of hydrogen-bond acceptors (Lipinski definition) is 4. The lowest BCUT2D eigenvalue weighted by atomic mass is 9.92. The summed E-state index contributed by atoms with van der Waals surface area (Å²) >= 11 is 0. The van der Waals surface area contributed by atoms with Gasteiger partial charge in [-0.05, 0) is 49.7 Å². The summed E-state index contributed by atoms with van der Waals surface area (Å²) in [6.45, 7) is 2.12. The number of hydrogen-bond donors (Lipinski definition) is 3. The lowest BCUT2D eigenvalue weighted by molar-refractivity contribution is -0.147. The number of nitrogens with one attached hydrogen (secondary N) is 2. The zero-order valence-electron chi connectivity index (χ0n) is 20.4. The molecule has 2 aromatic carbocycles. The molecule has 3 amide bonds. The molecule has 7 nitrogen and oxygen atoms in total. The quantitative estimate of drug-likeness (QED) is 0.518. The van der Waals surface area contributed by atoms with Crippen LogP contribution in [0, 0.1) is 5.92 Å². The van der Waals surface area contributed by atoms with Gasteiger partial charge in [0.2, 0.25) is 17.7 Å². The summed E-state index contributed by atoms with van der Waals surface area (Å²) in [5, 5.41) is 6.07. The van der Waals surface area contributed by atoms with Crippen LogP contribution in [0.4, 0.5) is 0 Å². The predicted octanol–water partition coefficient (Wildman–Crippen LogP) is 2.71. The molecule has 2 fully saturated rings. The first kappa shape index (κ1) is 24.9. The molecule has 4 N–H and O–H groups in total. The van der Waals surface area contributed by atoms with Gasteiger partial charge in [0.1, 0.15) is 6.04 Å². The van der Waals surface area contributed by atoms with E-state index >= 15 is 0 Å². The Bertz CT molecular complexity index is 1010. The summed E-state index contributed by atoms with van der Waals surface area (Å²) in [4.78, 5) is 40.8. The zero-order valence-corrected chi connectivity index (χ0v) is 20.4. The molecule has 2 saturated heterocycles. The average Bonchev–Trinajstić information content (AvgIpc) is 3.33. The van der Waals surface area contributed by atoms with E-state index in [-0.39, 0.29) is 42.3 Å². The van der Waals surface area contributed by atoms with Crippen LogP contribution in [0.25, 0.3) is 0 Å². The van der Waals surface area contributed by atoms with Crippen LogP contribution < -0.4 is 16.4 Å². The van der Waals surface area contributed by atoms with Crippen LogP contribution in [0.2, 0.25) is 0 Å². The van der Waals surface area contributed by atoms with Crippen molar-refractivity contribution in [2.24, 2.45) is 11.7 Å². The first-order valence-corrected chi connectivity index (χ1v) is 12.7. The van der Waals surface area contributed by atoms with Crippen LogP contribution in [0.5, 0.6) is 0 Å². The predicted molar refractivity (Wildman–Crippen MR) is 135 cm³/mol. The van der Waals surface area contributed by atoms with E-state index in [0.717, 1.165) is 30.4 Å². The molecule has 0 bridgehead atoms. The molecule has 2 aromatic rings. The molecule has 2 aliphatic heterocycles. The maximum absolute atomic E-state index is 13.5. The molecule has 0 unspecified atom stereocenters. The number of benzene rings is 2. The fraction of sp³-hybridized carbons (Fsp3) is 0.464. The fourth-order valence-corrected chi connectivity index (χ4v) is 5.27. The van der Waals surface area contributed by atoms with Crippen LogP contribution in [-0.4, -0.2) is 47.3 Å². The number of nitrogens with two attached hydrogens (primary N) is 1. The number of carbonyl (C=O) groups excluding carboxylic acids is 3. The number of amides is 3. The van der Waals surface area contributed by atoms with Gasteiger partial charge in [-0.1, -0.05) is 67.6 Å². The van der Waals surface area contributed by atoms with Crippen LogP contribution in [0.3, 0.4) is 0 Å². The van der Waals surface area contributed by atoms with Gasteiger partial charge in [0.15, 0.2) is 0 Å². The second-order valence-electron chi connectivity index (χ2n) is 9.69. The van der Waals surface area contributed by atoms with Crippen LogP contribution >= 0.6 is 0 Å². The molecular weight excluding hydrogens is 440 g/mol. The monoisotopic (exact) mass is 476 g/mol. The minimum atomic E-state index is -0.564. The molecule has 4 rings (SSSR count). The SMILES string of the molecule is CC[C@H](N)C(=O)NC[C@H]1CC[C@H]2CC[C@@H](C(=O)N[C@@H](Cc3ccccc3)c3ccccc3)N2C1=O. The highest BCUT2D eigenvalue weighted by atomic mass is 16.2. The Morgan fingerprint density at radius 3 is 2.34 bits per heavy atom. The third kappa shape index (κ3) is 5.90. The Hall–Kier alpha value is -3.19. The van der Waals surface area contributed by atoms with Crippen molar-refractivity contribution in [1.82, 2.24) is 15.5 Å². The molecule has 0 spiro atoms. The van der Waals surface area contributed by atoms with Crippen molar-refractivity contribution in [2.45, 2.75) is 69.6 Å². The Morgan fingerprint density at radius 2 is 1.66 bits per heavy atom. The second-order valence-corrected chi connectivity index (χ2v) is 9.69. The first-order valence-electron chi connectivity index (χ1n) is 12.7. The van der Waals surface area contributed by atoms with E-state index in [1.165, 1.54) is 0 Å². The molecule has 7 heteroatoms. The van der Waals surface area contributed by atoms with Gasteiger partial charge in [-0.3, -0.25) is 14.4 Å². The van der Waals surface area contributed by atoms with Crippen LogP contribution in [-0.2, 0) is 20.8 Å². The van der Waals surface area contributed by atoms with Crippen LogP contribution in [0.1, 0.15) is 56.2 Å². The third-order valence-electron chi connectivity index (χ3n) is 7.36. The largest absolute Gasteiger partial charge is 0.354 e. The molecule has 186 valence electrons. The van der Waals surface area contributed by atoms with E-state index in [4.69, 9.17) is 5.73 Å². The zero-order chi connectivity index (χ0) is 24.8. The van der Waals surface area contributed by atoms with E-state index in [1.807, 2.05) is 55.5 Å². The molecule has 35 heavy (non-hydrogen) atoms. The molecule has 0 aliphatic carbocycles. The minimum Gasteiger partial charge on any atom is -0.354 e. The Balaban J connectivity index is 1.45. The molecule has 0 saturated carbocycles. The van der Waals surface area contributed by atoms with Crippen molar-refractivity contribution in [3.8, 4) is 0 Å². The van der Waals surface area contributed by atoms with E-state index in [1.54, 1.807) is 4.90 Å². The smallest absolute Gasteiger partial charge is 0.243 e. The Kier molecular flexibility index (Phi) is 8.18. The van der Waals surface area contributed by atoms with Crippen molar-refractivity contribution in [3.63, 3.8) is 0 Å². The number of piperidine rings is 1. The van der Waals surface area contributed by atoms with Gasteiger partial charge in [0.05, 0.1) is 18.0 Å². The topological polar surface area (TPSA) is 105 Å². The van der Waals surface area contributed by atoms with Crippen molar-refractivity contribution < 1.29 is 14.4 Å². The summed E-state index contributed by atoms with van der Waals surface area (Å²) in [5.74, 6) is -0.696. The molecule has 0 aromatic heterocycles. The second kappa shape index (κ2) is 11.5. The van der Waals surface area contributed by atoms with Gasteiger partial charge >= 0.3 is 0 Å². The third-order valence-corrected chi connectivity index (χ3v) is 7.36. The van der Waals surface area contributed by atoms with E-state index < -0.39 is 12.1 Å². The average molecular weight is 477 g/mol. The number of rotatable bonds is 9. The first-order chi connectivity index (χ1) is 17.0. The number of fused-ring (bicyclic) bond motifs is 1. The standard InChI is InChI=1S/C28H36N4O3/c1-2-23(29)26(33)30-18-21-13-14-22-15-16-25(32(22)28(21)35)27(34)31-24(20-11-7-4-8-12-20)17-19-9-5-3-6-10-19/h3-12,21-25H,2,13-18,29H2,1H3,(H,30,33)(H,31,34)/t21-,22+,23+,24+,25+/m1/s1. The maximum atomic E-state index is 13.5. The van der Waals surface area contributed by atoms with Gasteiger partial charge in [-0.2, -0.15) is 0 Å². The summed E-state index contributed by atoms with van der Waals surface area (Å²) < 4.78 is 0. The number of carbonyl (C=O) groups is 3. The van der Waals surface area contributed by atoms with Gasteiger partial charge in [-0.15, -0.1) is 0 Å². The summed E-state index contributed by atoms with van der Waals surface area (Å²) in [6, 6.07) is 18.9. The highest BCUT2D eigenvalue weighted by Gasteiger charge is 2.46. The summed E-state index contributed by atoms with van der Waals surface area (Å²) in [6.07, 6.45) is 4.28. The molecule has 2 aliphatic rings. The Morgan fingerprint density at radius 1 is 1.00 bits per heavy atom. The summed E-state index contributed by atoms with van der Waals surface area (Å²) in [7, 11) is 0. The minimum absolute atomic E-state index is 0.0383. The van der Waals surface area contributed by atoms with Crippen LogP contribution in [0.15, 0.2) is 60.7 Å².